The van der Waals surface area contributed by atoms with Gasteiger partial charge in [0.15, 0.2) is 11.5 Å². The lowest BCUT2D eigenvalue weighted by molar-refractivity contribution is -0.127. The van der Waals surface area contributed by atoms with Crippen LogP contribution < -0.4 is 24.6 Å². The third-order valence-corrected chi connectivity index (χ3v) is 8.27. The van der Waals surface area contributed by atoms with Gasteiger partial charge in [-0.15, -0.1) is 0 Å². The maximum atomic E-state index is 14.5. The molecule has 2 heterocycles. The summed E-state index contributed by atoms with van der Waals surface area (Å²) in [7, 11) is 3.96. The Morgan fingerprint density at radius 1 is 0.905 bits per heavy atom. The molecule has 1 saturated carbocycles. The summed E-state index contributed by atoms with van der Waals surface area (Å²) in [5.41, 5.74) is 4.20. The fourth-order valence-electron chi connectivity index (χ4n) is 6.04. The molecule has 0 unspecified atom stereocenters. The van der Waals surface area contributed by atoms with Gasteiger partial charge in [-0.2, -0.15) is 0 Å². The van der Waals surface area contributed by atoms with Gasteiger partial charge in [0.25, 0.3) is 0 Å². The number of para-hydroxylation sites is 1. The molecule has 0 bridgehead atoms. The second kappa shape index (κ2) is 12.2. The first-order chi connectivity index (χ1) is 20.5. The molecule has 6 rings (SSSR count). The first kappa shape index (κ1) is 27.7. The number of rotatable bonds is 8. The van der Waals surface area contributed by atoms with E-state index < -0.39 is 6.04 Å². The highest BCUT2D eigenvalue weighted by atomic mass is 16.6. The monoisotopic (exact) mass is 566 g/mol. The van der Waals surface area contributed by atoms with Crippen molar-refractivity contribution < 1.29 is 19.1 Å². The fraction of sp³-hybridized carbons (Fsp3) is 0.353. The third-order valence-electron chi connectivity index (χ3n) is 8.27. The van der Waals surface area contributed by atoms with Gasteiger partial charge < -0.3 is 24.7 Å². The average molecular weight is 567 g/mol. The van der Waals surface area contributed by atoms with E-state index in [-0.39, 0.29) is 24.3 Å². The van der Waals surface area contributed by atoms with Crippen LogP contribution in [-0.4, -0.2) is 50.1 Å². The number of carbonyl (C=O) groups excluding carboxylic acids is 2. The van der Waals surface area contributed by atoms with Crippen molar-refractivity contribution in [2.45, 2.75) is 50.6 Å². The van der Waals surface area contributed by atoms with Crippen molar-refractivity contribution in [2.75, 3.05) is 37.1 Å². The molecule has 4 aromatic rings. The summed E-state index contributed by atoms with van der Waals surface area (Å²) < 4.78 is 11.7. The zero-order valence-corrected chi connectivity index (χ0v) is 24.3. The minimum absolute atomic E-state index is 0.0978. The summed E-state index contributed by atoms with van der Waals surface area (Å²) in [5, 5.41) is 4.30. The van der Waals surface area contributed by atoms with Gasteiger partial charge in [-0.3, -0.25) is 14.5 Å². The van der Waals surface area contributed by atoms with Gasteiger partial charge in [0.05, 0.1) is 6.42 Å². The smallest absolute Gasteiger partial charge is 0.248 e. The Morgan fingerprint density at radius 3 is 2.38 bits per heavy atom. The molecule has 8 nitrogen and oxygen atoms in total. The molecule has 1 atom stereocenters. The Labute approximate surface area is 246 Å². The van der Waals surface area contributed by atoms with Crippen molar-refractivity contribution >= 4 is 34.1 Å². The quantitative estimate of drug-likeness (QED) is 0.283. The van der Waals surface area contributed by atoms with Crippen molar-refractivity contribution in [2.24, 2.45) is 0 Å². The number of amides is 2. The van der Waals surface area contributed by atoms with Crippen LogP contribution in [0.15, 0.2) is 72.9 Å². The summed E-state index contributed by atoms with van der Waals surface area (Å²) >= 11 is 0. The molecule has 2 amide bonds. The van der Waals surface area contributed by atoms with Crippen LogP contribution in [0, 0.1) is 0 Å². The SMILES string of the molecule is CN(C)c1ccc([C@@H](C(=O)NC2CCCCC2)N(C(=O)Cc2c[nH]c3ccccc23)c2ccc3c(c2)OCCO3)cc1. The molecular weight excluding hydrogens is 528 g/mol. The van der Waals surface area contributed by atoms with Gasteiger partial charge in [-0.1, -0.05) is 49.6 Å². The van der Waals surface area contributed by atoms with Crippen LogP contribution in [0.4, 0.5) is 11.4 Å². The van der Waals surface area contributed by atoms with E-state index in [9.17, 15) is 9.59 Å². The van der Waals surface area contributed by atoms with E-state index in [1.54, 1.807) is 4.90 Å². The maximum Gasteiger partial charge on any atom is 0.248 e. The maximum absolute atomic E-state index is 14.5. The Morgan fingerprint density at radius 2 is 1.62 bits per heavy atom. The highest BCUT2D eigenvalue weighted by molar-refractivity contribution is 6.03. The number of hydrogen-bond acceptors (Lipinski definition) is 5. The van der Waals surface area contributed by atoms with Crippen LogP contribution in [0.1, 0.15) is 49.3 Å². The lowest BCUT2D eigenvalue weighted by Crippen LogP contribution is -2.47. The lowest BCUT2D eigenvalue weighted by Gasteiger charge is -2.34. The van der Waals surface area contributed by atoms with E-state index in [1.165, 1.54) is 6.42 Å². The molecule has 1 fully saturated rings. The third kappa shape index (κ3) is 5.79. The minimum Gasteiger partial charge on any atom is -0.486 e. The molecule has 2 N–H and O–H groups in total. The molecule has 218 valence electrons. The molecule has 8 heteroatoms. The fourth-order valence-corrected chi connectivity index (χ4v) is 6.04. The van der Waals surface area contributed by atoms with Crippen LogP contribution in [0.3, 0.4) is 0 Å². The Balaban J connectivity index is 1.43. The van der Waals surface area contributed by atoms with Crippen molar-refractivity contribution in [1.29, 1.82) is 0 Å². The highest BCUT2D eigenvalue weighted by Crippen LogP contribution is 2.38. The van der Waals surface area contributed by atoms with Gasteiger partial charge in [-0.25, -0.2) is 0 Å². The van der Waals surface area contributed by atoms with Crippen LogP contribution in [-0.2, 0) is 16.0 Å². The summed E-state index contributed by atoms with van der Waals surface area (Å²) in [6.07, 6.45) is 7.29. The normalized spacial score (nSPS) is 15.7. The number of hydrogen-bond donors (Lipinski definition) is 2. The van der Waals surface area contributed by atoms with Gasteiger partial charge in [0.1, 0.15) is 19.3 Å². The zero-order chi connectivity index (χ0) is 29.1. The molecule has 3 aromatic carbocycles. The number of aromatic nitrogens is 1. The van der Waals surface area contributed by atoms with Crippen molar-refractivity contribution in [1.82, 2.24) is 10.3 Å². The topological polar surface area (TPSA) is 86.9 Å². The molecule has 0 spiro atoms. The molecular formula is C34H38N4O4. The van der Waals surface area contributed by atoms with Crippen molar-refractivity contribution in [3.05, 3.63) is 84.1 Å². The number of ether oxygens (including phenoxy) is 2. The lowest BCUT2D eigenvalue weighted by atomic mass is 9.94. The van der Waals surface area contributed by atoms with E-state index in [1.807, 2.05) is 91.9 Å². The molecule has 42 heavy (non-hydrogen) atoms. The summed E-state index contributed by atoms with van der Waals surface area (Å²) in [6.45, 7) is 0.900. The number of benzene rings is 3. The van der Waals surface area contributed by atoms with Crippen LogP contribution in [0.5, 0.6) is 11.5 Å². The van der Waals surface area contributed by atoms with Crippen molar-refractivity contribution in [3.63, 3.8) is 0 Å². The second-order valence-corrected chi connectivity index (χ2v) is 11.4. The van der Waals surface area contributed by atoms with Gasteiger partial charge in [-0.05, 0) is 54.3 Å². The molecule has 0 saturated heterocycles. The van der Waals surface area contributed by atoms with E-state index in [4.69, 9.17) is 9.47 Å². The molecule has 1 aromatic heterocycles. The zero-order valence-electron chi connectivity index (χ0n) is 24.3. The summed E-state index contributed by atoms with van der Waals surface area (Å²) in [4.78, 5) is 35.7. The first-order valence-electron chi connectivity index (χ1n) is 14.8. The van der Waals surface area contributed by atoms with Crippen molar-refractivity contribution in [3.8, 4) is 11.5 Å². The molecule has 0 radical (unpaired) electrons. The number of nitrogens with zero attached hydrogens (tertiary/aromatic N) is 2. The van der Waals surface area contributed by atoms with Crippen LogP contribution in [0.2, 0.25) is 0 Å². The Hall–Kier alpha value is -4.46. The molecule has 1 aliphatic heterocycles. The average Bonchev–Trinajstić information content (AvgIpc) is 3.42. The van der Waals surface area contributed by atoms with E-state index in [0.717, 1.165) is 53.4 Å². The van der Waals surface area contributed by atoms with Crippen LogP contribution in [0.25, 0.3) is 10.9 Å². The van der Waals surface area contributed by atoms with Crippen LogP contribution >= 0.6 is 0 Å². The largest absolute Gasteiger partial charge is 0.486 e. The second-order valence-electron chi connectivity index (χ2n) is 11.4. The van der Waals surface area contributed by atoms with E-state index in [0.29, 0.717) is 30.4 Å². The molecule has 1 aliphatic carbocycles. The number of fused-ring (bicyclic) bond motifs is 2. The predicted octanol–water partition coefficient (Wildman–Crippen LogP) is 5.77. The molecule has 2 aliphatic rings. The number of aromatic amines is 1. The van der Waals surface area contributed by atoms with E-state index >= 15 is 0 Å². The van der Waals surface area contributed by atoms with Gasteiger partial charge in [0, 0.05) is 54.7 Å². The predicted molar refractivity (Wildman–Crippen MR) is 165 cm³/mol. The number of carbonyl (C=O) groups is 2. The Kier molecular flexibility index (Phi) is 8.04. The van der Waals surface area contributed by atoms with E-state index in [2.05, 4.69) is 10.3 Å². The Bertz CT molecular complexity index is 1560. The minimum atomic E-state index is -0.872. The first-order valence-corrected chi connectivity index (χ1v) is 14.8. The number of H-pyrrole nitrogens is 1. The van der Waals surface area contributed by atoms with Gasteiger partial charge >= 0.3 is 0 Å². The van der Waals surface area contributed by atoms with Gasteiger partial charge in [0.2, 0.25) is 11.8 Å². The standard InChI is InChI=1S/C34H38N4O4/c1-37(2)26-14-12-23(13-15-26)33(34(40)36-25-8-4-3-5-9-25)38(27-16-17-30-31(21-27)42-19-18-41-30)32(39)20-24-22-35-29-11-7-6-10-28(24)29/h6-7,10-17,21-22,25,33,35H,3-5,8-9,18-20H2,1-2H3,(H,36,40)/t33-/m0/s1. The summed E-state index contributed by atoms with van der Waals surface area (Å²) in [5.74, 6) is 0.837. The summed E-state index contributed by atoms with van der Waals surface area (Å²) in [6, 6.07) is 20.5. The number of nitrogens with one attached hydrogen (secondary N) is 2. The number of anilines is 2. The highest BCUT2D eigenvalue weighted by Gasteiger charge is 2.35.